The first-order valence-electron chi connectivity index (χ1n) is 9.80. The number of alkyl halides is 3. The Morgan fingerprint density at radius 1 is 1.19 bits per heavy atom. The lowest BCUT2D eigenvalue weighted by Gasteiger charge is -2.09. The van der Waals surface area contributed by atoms with Crippen LogP contribution in [0.3, 0.4) is 0 Å². The van der Waals surface area contributed by atoms with Crippen LogP contribution < -0.4 is 10.3 Å². The molecule has 0 saturated heterocycles. The smallest absolute Gasteiger partial charge is 0.449 e. The van der Waals surface area contributed by atoms with E-state index in [-0.39, 0.29) is 23.7 Å². The molecule has 9 heteroatoms. The van der Waals surface area contributed by atoms with E-state index in [9.17, 15) is 18.0 Å². The summed E-state index contributed by atoms with van der Waals surface area (Å²) in [7, 11) is 0. The molecule has 0 spiro atoms. The lowest BCUT2D eigenvalue weighted by molar-refractivity contribution is -0.153. The van der Waals surface area contributed by atoms with Gasteiger partial charge in [0.15, 0.2) is 0 Å². The van der Waals surface area contributed by atoms with Gasteiger partial charge in [-0.3, -0.25) is 9.36 Å². The van der Waals surface area contributed by atoms with Gasteiger partial charge >= 0.3 is 6.18 Å². The van der Waals surface area contributed by atoms with Gasteiger partial charge in [-0.2, -0.15) is 13.2 Å². The van der Waals surface area contributed by atoms with Crippen molar-refractivity contribution in [2.75, 3.05) is 0 Å². The third kappa shape index (κ3) is 3.71. The minimum atomic E-state index is -4.55. The molecule has 0 aromatic carbocycles. The summed E-state index contributed by atoms with van der Waals surface area (Å²) in [6, 6.07) is 8.61. The summed E-state index contributed by atoms with van der Waals surface area (Å²) in [6.07, 6.45) is 1.21. The molecule has 1 aliphatic carbocycles. The molecule has 0 amide bonds. The number of rotatable bonds is 5. The predicted octanol–water partition coefficient (Wildman–Crippen LogP) is 4.86. The van der Waals surface area contributed by atoms with Crippen molar-refractivity contribution in [3.63, 3.8) is 0 Å². The molecule has 0 bridgehead atoms. The van der Waals surface area contributed by atoms with Crippen LogP contribution in [0.4, 0.5) is 13.2 Å². The number of imidazole rings is 1. The highest BCUT2D eigenvalue weighted by Crippen LogP contribution is 2.41. The van der Waals surface area contributed by atoms with Gasteiger partial charge in [-0.25, -0.2) is 4.98 Å². The molecular formula is C22H18F3N3O3. The second-order valence-electron chi connectivity index (χ2n) is 7.60. The summed E-state index contributed by atoms with van der Waals surface area (Å²) in [4.78, 5) is 17.3. The Labute approximate surface area is 174 Å². The van der Waals surface area contributed by atoms with E-state index in [2.05, 4.69) is 0 Å². The van der Waals surface area contributed by atoms with E-state index < -0.39 is 11.9 Å². The van der Waals surface area contributed by atoms with E-state index in [1.807, 2.05) is 29.7 Å². The summed E-state index contributed by atoms with van der Waals surface area (Å²) in [5, 5.41) is 0. The van der Waals surface area contributed by atoms with E-state index in [0.717, 1.165) is 35.9 Å². The average molecular weight is 429 g/mol. The molecule has 1 aliphatic rings. The minimum Gasteiger partial charge on any atom is -0.485 e. The van der Waals surface area contributed by atoms with Gasteiger partial charge < -0.3 is 13.6 Å². The van der Waals surface area contributed by atoms with Gasteiger partial charge in [-0.15, -0.1) is 0 Å². The molecule has 4 heterocycles. The second kappa shape index (κ2) is 7.04. The Balaban J connectivity index is 1.36. The molecule has 0 N–H and O–H groups in total. The van der Waals surface area contributed by atoms with Gasteiger partial charge in [0.05, 0.1) is 11.4 Å². The van der Waals surface area contributed by atoms with Crippen LogP contribution in [0.15, 0.2) is 58.0 Å². The number of furan rings is 1. The van der Waals surface area contributed by atoms with Gasteiger partial charge in [0.2, 0.25) is 5.76 Å². The molecule has 4 aromatic rings. The van der Waals surface area contributed by atoms with Crippen LogP contribution in [0, 0.1) is 6.92 Å². The maximum absolute atomic E-state index is 12.6. The molecule has 5 rings (SSSR count). The van der Waals surface area contributed by atoms with E-state index in [4.69, 9.17) is 14.1 Å². The van der Waals surface area contributed by atoms with Crippen LogP contribution in [0.1, 0.15) is 41.7 Å². The zero-order valence-electron chi connectivity index (χ0n) is 16.5. The Hall–Kier alpha value is -3.49. The molecule has 160 valence electrons. The van der Waals surface area contributed by atoms with Crippen molar-refractivity contribution in [2.24, 2.45) is 0 Å². The Morgan fingerprint density at radius 3 is 2.68 bits per heavy atom. The largest absolute Gasteiger partial charge is 0.485 e. The van der Waals surface area contributed by atoms with Crippen molar-refractivity contribution >= 4 is 5.65 Å². The van der Waals surface area contributed by atoms with Crippen molar-refractivity contribution in [1.82, 2.24) is 14.0 Å². The monoisotopic (exact) mass is 429 g/mol. The molecule has 1 saturated carbocycles. The quantitative estimate of drug-likeness (QED) is 0.455. The fourth-order valence-corrected chi connectivity index (χ4v) is 3.58. The first kappa shape index (κ1) is 19.5. The molecule has 0 atom stereocenters. The highest BCUT2D eigenvalue weighted by Gasteiger charge is 2.34. The van der Waals surface area contributed by atoms with E-state index in [1.165, 1.54) is 16.7 Å². The summed E-state index contributed by atoms with van der Waals surface area (Å²) in [5.41, 5.74) is 3.37. The minimum absolute atomic E-state index is 0.0176. The summed E-state index contributed by atoms with van der Waals surface area (Å²) >= 11 is 0. The number of fused-ring (bicyclic) bond motifs is 1. The van der Waals surface area contributed by atoms with Gasteiger partial charge in [-0.1, -0.05) is 0 Å². The molecule has 31 heavy (non-hydrogen) atoms. The van der Waals surface area contributed by atoms with Crippen LogP contribution in [0.5, 0.6) is 5.75 Å². The normalized spacial score (nSPS) is 14.3. The zero-order chi connectivity index (χ0) is 21.8. The number of aryl methyl sites for hydroxylation is 1. The number of pyridine rings is 2. The van der Waals surface area contributed by atoms with E-state index in [1.54, 1.807) is 12.3 Å². The molecule has 4 aromatic heterocycles. The molecule has 0 unspecified atom stereocenters. The van der Waals surface area contributed by atoms with Crippen molar-refractivity contribution in [1.29, 1.82) is 0 Å². The fourth-order valence-electron chi connectivity index (χ4n) is 3.58. The molecule has 0 radical (unpaired) electrons. The lowest BCUT2D eigenvalue weighted by Crippen LogP contribution is -2.17. The first-order chi connectivity index (χ1) is 14.8. The van der Waals surface area contributed by atoms with Crippen molar-refractivity contribution in [2.45, 2.75) is 38.5 Å². The maximum atomic E-state index is 12.6. The molecule has 0 aliphatic heterocycles. The van der Waals surface area contributed by atoms with E-state index in [0.29, 0.717) is 11.6 Å². The fraction of sp³-hybridized carbons (Fsp3) is 0.273. The second-order valence-corrected chi connectivity index (χ2v) is 7.60. The van der Waals surface area contributed by atoms with Crippen molar-refractivity contribution in [3.8, 4) is 11.4 Å². The van der Waals surface area contributed by atoms with Crippen molar-refractivity contribution in [3.05, 3.63) is 82.1 Å². The predicted molar refractivity (Wildman–Crippen MR) is 106 cm³/mol. The number of nitrogens with zero attached hydrogens (tertiary/aromatic N) is 3. The third-order valence-electron chi connectivity index (χ3n) is 5.33. The van der Waals surface area contributed by atoms with Crippen LogP contribution in [0.25, 0.3) is 11.3 Å². The van der Waals surface area contributed by atoms with Gasteiger partial charge in [0, 0.05) is 30.1 Å². The van der Waals surface area contributed by atoms with Crippen LogP contribution in [0.2, 0.25) is 0 Å². The van der Waals surface area contributed by atoms with Gasteiger partial charge in [-0.05, 0) is 50.1 Å². The van der Waals surface area contributed by atoms with Crippen LogP contribution >= 0.6 is 0 Å². The number of halogens is 3. The standard InChI is InChI=1S/C22H18F3N3O3/c1-13-21(14-2-3-14)26-19-7-4-15(11-28(13)19)27-9-8-16(10-20(27)29)30-12-17-5-6-18(31-17)22(23,24)25/h4-11,14H,2-3,12H2,1H3. The van der Waals surface area contributed by atoms with Crippen LogP contribution in [-0.4, -0.2) is 14.0 Å². The number of ether oxygens (including phenoxy) is 1. The zero-order valence-corrected chi connectivity index (χ0v) is 16.5. The highest BCUT2D eigenvalue weighted by molar-refractivity contribution is 5.49. The first-order valence-corrected chi connectivity index (χ1v) is 9.80. The molecule has 6 nitrogen and oxygen atoms in total. The average Bonchev–Trinajstić information content (AvgIpc) is 3.35. The Kier molecular flexibility index (Phi) is 4.42. The third-order valence-corrected chi connectivity index (χ3v) is 5.33. The van der Waals surface area contributed by atoms with Gasteiger partial charge in [0.25, 0.3) is 5.56 Å². The van der Waals surface area contributed by atoms with E-state index >= 15 is 0 Å². The molecular weight excluding hydrogens is 411 g/mol. The Bertz CT molecular complexity index is 1330. The Morgan fingerprint density at radius 2 is 2.00 bits per heavy atom. The summed E-state index contributed by atoms with van der Waals surface area (Å²) < 4.78 is 51.4. The van der Waals surface area contributed by atoms with Crippen molar-refractivity contribution < 1.29 is 22.3 Å². The van der Waals surface area contributed by atoms with Crippen LogP contribution in [-0.2, 0) is 12.8 Å². The highest BCUT2D eigenvalue weighted by atomic mass is 19.4. The lowest BCUT2D eigenvalue weighted by atomic mass is 10.2. The number of hydrogen-bond donors (Lipinski definition) is 0. The van der Waals surface area contributed by atoms with Gasteiger partial charge in [0.1, 0.15) is 23.8 Å². The number of hydrogen-bond acceptors (Lipinski definition) is 4. The maximum Gasteiger partial charge on any atom is 0.449 e. The topological polar surface area (TPSA) is 61.7 Å². The molecule has 1 fully saturated rings. The summed E-state index contributed by atoms with van der Waals surface area (Å²) in [6.45, 7) is 1.81. The SMILES string of the molecule is Cc1c(C2CC2)nc2ccc(-n3ccc(OCc4ccc(C(F)(F)F)o4)cc3=O)cn12. The number of aromatic nitrogens is 3. The summed E-state index contributed by atoms with van der Waals surface area (Å²) in [5.74, 6) is -0.299.